The van der Waals surface area contributed by atoms with Crippen LogP contribution in [0.1, 0.15) is 44.6 Å². The Kier molecular flexibility index (Phi) is 7.94. The van der Waals surface area contributed by atoms with Crippen molar-refractivity contribution in [2.45, 2.75) is 39.0 Å². The summed E-state index contributed by atoms with van der Waals surface area (Å²) in [4.78, 5) is 15.5. The second kappa shape index (κ2) is 9.80. The number of hydrogen-bond acceptors (Lipinski definition) is 5. The number of ether oxygens (including phenoxy) is 1. The van der Waals surface area contributed by atoms with Gasteiger partial charge in [-0.1, -0.05) is 19.8 Å². The summed E-state index contributed by atoms with van der Waals surface area (Å²) in [6.45, 7) is 3.09. The fraction of sp³-hybridized carbons (Fsp3) is 0.500. The second-order valence-corrected chi connectivity index (χ2v) is 4.81. The van der Waals surface area contributed by atoms with Crippen LogP contribution >= 0.6 is 0 Å². The predicted octanol–water partition coefficient (Wildman–Crippen LogP) is 3.03. The summed E-state index contributed by atoms with van der Waals surface area (Å²) in [6.07, 6.45) is 5.60. The van der Waals surface area contributed by atoms with E-state index < -0.39 is 0 Å². The van der Waals surface area contributed by atoms with Crippen molar-refractivity contribution in [3.63, 3.8) is 0 Å². The average Bonchev–Trinajstić information content (AvgIpc) is 2.45. The van der Waals surface area contributed by atoms with Crippen molar-refractivity contribution in [2.75, 3.05) is 13.2 Å². The third-order valence-electron chi connectivity index (χ3n) is 2.92. The Labute approximate surface area is 125 Å². The molecule has 0 atom stereocenters. The first-order valence-electron chi connectivity index (χ1n) is 7.31. The summed E-state index contributed by atoms with van der Waals surface area (Å²) in [5.41, 5.74) is 0.537. The van der Waals surface area contributed by atoms with E-state index in [9.17, 15) is 9.90 Å². The van der Waals surface area contributed by atoms with Crippen LogP contribution in [-0.2, 0) is 9.53 Å². The molecule has 5 heteroatoms. The number of phenols is 2. The van der Waals surface area contributed by atoms with Crippen molar-refractivity contribution < 1.29 is 19.7 Å². The van der Waals surface area contributed by atoms with E-state index >= 15 is 0 Å². The van der Waals surface area contributed by atoms with Gasteiger partial charge in [-0.15, -0.1) is 0 Å². The number of carbonyl (C=O) groups excluding carboxylic acids is 1. The quantitative estimate of drug-likeness (QED) is 0.417. The molecule has 0 saturated carbocycles. The molecular formula is C16H23NO4. The van der Waals surface area contributed by atoms with Crippen LogP contribution in [0.2, 0.25) is 0 Å². The third-order valence-corrected chi connectivity index (χ3v) is 2.92. The largest absolute Gasteiger partial charge is 0.508 e. The van der Waals surface area contributed by atoms with E-state index in [1.54, 1.807) is 6.07 Å². The standard InChI is InChI=1S/C16H23NO4/c1-2-3-4-10-21-16(20)6-5-9-17-12-13-7-8-14(18)11-15(13)19/h7-8,11-12,18-19H,2-6,9-10H2,1H3. The van der Waals surface area contributed by atoms with Crippen LogP contribution in [0.15, 0.2) is 23.2 Å². The molecule has 0 spiro atoms. The number of benzene rings is 1. The fourth-order valence-corrected chi connectivity index (χ4v) is 1.73. The molecular weight excluding hydrogens is 270 g/mol. The molecule has 1 rings (SSSR count). The van der Waals surface area contributed by atoms with Gasteiger partial charge in [0.1, 0.15) is 11.5 Å². The van der Waals surface area contributed by atoms with Crippen molar-refractivity contribution in [2.24, 2.45) is 4.99 Å². The first-order valence-corrected chi connectivity index (χ1v) is 7.31. The molecule has 0 unspecified atom stereocenters. The van der Waals surface area contributed by atoms with Crippen LogP contribution in [0.4, 0.5) is 0 Å². The van der Waals surface area contributed by atoms with Crippen molar-refractivity contribution in [1.29, 1.82) is 0 Å². The first kappa shape index (κ1) is 17.0. The maximum atomic E-state index is 11.4. The van der Waals surface area contributed by atoms with Crippen LogP contribution in [-0.4, -0.2) is 35.5 Å². The summed E-state index contributed by atoms with van der Waals surface area (Å²) < 4.78 is 5.08. The lowest BCUT2D eigenvalue weighted by atomic mass is 10.2. The third kappa shape index (κ3) is 7.34. The molecule has 1 aromatic rings. The van der Waals surface area contributed by atoms with E-state index in [1.165, 1.54) is 18.3 Å². The number of aromatic hydroxyl groups is 2. The molecule has 0 aromatic heterocycles. The number of hydrogen-bond donors (Lipinski definition) is 2. The van der Waals surface area contributed by atoms with Crippen LogP contribution < -0.4 is 0 Å². The number of phenolic OH excluding ortho intramolecular Hbond substituents is 2. The molecule has 116 valence electrons. The Bertz CT molecular complexity index is 471. The predicted molar refractivity (Wildman–Crippen MR) is 82.0 cm³/mol. The van der Waals surface area contributed by atoms with Gasteiger partial charge in [0, 0.05) is 30.8 Å². The Balaban J connectivity index is 2.18. The maximum Gasteiger partial charge on any atom is 0.305 e. The normalized spacial score (nSPS) is 10.9. The van der Waals surface area contributed by atoms with Crippen molar-refractivity contribution in [3.05, 3.63) is 23.8 Å². The highest BCUT2D eigenvalue weighted by molar-refractivity contribution is 5.83. The molecule has 0 radical (unpaired) electrons. The van der Waals surface area contributed by atoms with Crippen molar-refractivity contribution >= 4 is 12.2 Å². The molecule has 0 amide bonds. The smallest absolute Gasteiger partial charge is 0.305 e. The number of aliphatic imine (C=N–C) groups is 1. The van der Waals surface area contributed by atoms with Gasteiger partial charge >= 0.3 is 5.97 Å². The lowest BCUT2D eigenvalue weighted by Gasteiger charge is -2.03. The van der Waals surface area contributed by atoms with Crippen LogP contribution in [0.3, 0.4) is 0 Å². The highest BCUT2D eigenvalue weighted by Crippen LogP contribution is 2.20. The number of unbranched alkanes of at least 4 members (excludes halogenated alkanes) is 2. The fourth-order valence-electron chi connectivity index (χ4n) is 1.73. The lowest BCUT2D eigenvalue weighted by Crippen LogP contribution is -2.06. The summed E-state index contributed by atoms with van der Waals surface area (Å²) in [7, 11) is 0. The van der Waals surface area contributed by atoms with Gasteiger partial charge in [0.05, 0.1) is 6.61 Å². The highest BCUT2D eigenvalue weighted by atomic mass is 16.5. The molecule has 0 aliphatic heterocycles. The maximum absolute atomic E-state index is 11.4. The molecule has 21 heavy (non-hydrogen) atoms. The topological polar surface area (TPSA) is 79.1 Å². The molecule has 2 N–H and O–H groups in total. The average molecular weight is 293 g/mol. The van der Waals surface area contributed by atoms with E-state index in [4.69, 9.17) is 9.84 Å². The van der Waals surface area contributed by atoms with E-state index in [0.717, 1.165) is 19.3 Å². The van der Waals surface area contributed by atoms with Gasteiger partial charge in [0.2, 0.25) is 0 Å². The van der Waals surface area contributed by atoms with E-state index in [2.05, 4.69) is 11.9 Å². The molecule has 0 aliphatic rings. The number of esters is 1. The van der Waals surface area contributed by atoms with Gasteiger partial charge in [-0.05, 0) is 25.0 Å². The summed E-state index contributed by atoms with van der Waals surface area (Å²) in [5, 5.41) is 18.7. The molecule has 0 aliphatic carbocycles. The zero-order valence-electron chi connectivity index (χ0n) is 12.4. The number of carbonyl (C=O) groups is 1. The van der Waals surface area contributed by atoms with Crippen molar-refractivity contribution in [3.8, 4) is 11.5 Å². The summed E-state index contributed by atoms with van der Waals surface area (Å²) >= 11 is 0. The SMILES string of the molecule is CCCCCOC(=O)CCCN=Cc1ccc(O)cc1O. The summed E-state index contributed by atoms with van der Waals surface area (Å²) in [5.74, 6) is -0.196. The minimum atomic E-state index is -0.186. The van der Waals surface area contributed by atoms with Gasteiger partial charge in [-0.25, -0.2) is 0 Å². The Morgan fingerprint density at radius 3 is 2.81 bits per heavy atom. The molecule has 0 bridgehead atoms. The van der Waals surface area contributed by atoms with Crippen LogP contribution in [0, 0.1) is 0 Å². The molecule has 0 saturated heterocycles. The minimum Gasteiger partial charge on any atom is -0.508 e. The zero-order valence-corrected chi connectivity index (χ0v) is 12.4. The van der Waals surface area contributed by atoms with Gasteiger partial charge in [-0.2, -0.15) is 0 Å². The van der Waals surface area contributed by atoms with Gasteiger partial charge in [0.25, 0.3) is 0 Å². The summed E-state index contributed by atoms with van der Waals surface area (Å²) in [6, 6.07) is 4.32. The van der Waals surface area contributed by atoms with Gasteiger partial charge in [0.15, 0.2) is 0 Å². The van der Waals surface area contributed by atoms with Crippen LogP contribution in [0.25, 0.3) is 0 Å². The minimum absolute atomic E-state index is 0.00969. The first-order chi connectivity index (χ1) is 10.1. The molecule has 1 aromatic carbocycles. The van der Waals surface area contributed by atoms with E-state index in [0.29, 0.717) is 31.6 Å². The number of nitrogens with zero attached hydrogens (tertiary/aromatic N) is 1. The van der Waals surface area contributed by atoms with E-state index in [1.807, 2.05) is 0 Å². The molecule has 5 nitrogen and oxygen atoms in total. The highest BCUT2D eigenvalue weighted by Gasteiger charge is 2.02. The Morgan fingerprint density at radius 2 is 2.10 bits per heavy atom. The monoisotopic (exact) mass is 293 g/mol. The van der Waals surface area contributed by atoms with Gasteiger partial charge in [-0.3, -0.25) is 9.79 Å². The molecule has 0 heterocycles. The molecule has 0 fully saturated rings. The zero-order chi connectivity index (χ0) is 15.5. The Hall–Kier alpha value is -2.04. The van der Waals surface area contributed by atoms with Gasteiger partial charge < -0.3 is 14.9 Å². The second-order valence-electron chi connectivity index (χ2n) is 4.81. The number of rotatable bonds is 9. The Morgan fingerprint density at radius 1 is 1.29 bits per heavy atom. The lowest BCUT2D eigenvalue weighted by molar-refractivity contribution is -0.143. The van der Waals surface area contributed by atoms with Crippen LogP contribution in [0.5, 0.6) is 11.5 Å². The van der Waals surface area contributed by atoms with Crippen molar-refractivity contribution in [1.82, 2.24) is 0 Å². The van der Waals surface area contributed by atoms with E-state index in [-0.39, 0.29) is 17.5 Å².